The Hall–Kier alpha value is -4.42. The molecule has 2 amide bonds. The molecule has 1 fully saturated rings. The van der Waals surface area contributed by atoms with Crippen molar-refractivity contribution in [2.45, 2.75) is 17.9 Å². The van der Waals surface area contributed by atoms with Crippen LogP contribution in [0.5, 0.6) is 0 Å². The first-order chi connectivity index (χ1) is 18.8. The second kappa shape index (κ2) is 11.1. The summed E-state index contributed by atoms with van der Waals surface area (Å²) in [6.45, 7) is 3.66. The van der Waals surface area contributed by atoms with Crippen molar-refractivity contribution in [3.8, 4) is 22.8 Å². The van der Waals surface area contributed by atoms with Crippen LogP contribution < -0.4 is 15.5 Å². The molecule has 0 unspecified atom stereocenters. The molecule has 0 saturated carbocycles. The zero-order valence-electron chi connectivity index (χ0n) is 21.4. The number of nitrogens with one attached hydrogen (secondary N) is 2. The maximum absolute atomic E-state index is 12.5. The lowest BCUT2D eigenvalue weighted by atomic mass is 10.1. The average molecular weight is 546 g/mol. The van der Waals surface area contributed by atoms with Crippen LogP contribution in [0.2, 0.25) is 0 Å². The lowest BCUT2D eigenvalue weighted by Crippen LogP contribution is -2.44. The van der Waals surface area contributed by atoms with E-state index in [9.17, 15) is 13.2 Å². The summed E-state index contributed by atoms with van der Waals surface area (Å²) in [4.78, 5) is 32.6. The van der Waals surface area contributed by atoms with E-state index in [1.54, 1.807) is 73.1 Å². The maximum atomic E-state index is 12.5. The molecule has 1 saturated heterocycles. The van der Waals surface area contributed by atoms with Gasteiger partial charge < -0.3 is 20.3 Å². The lowest BCUT2D eigenvalue weighted by molar-refractivity contribution is 0.0981. The molecule has 0 radical (unpaired) electrons. The van der Waals surface area contributed by atoms with Crippen molar-refractivity contribution in [1.82, 2.24) is 19.9 Å². The van der Waals surface area contributed by atoms with Crippen molar-refractivity contribution in [3.63, 3.8) is 0 Å². The summed E-state index contributed by atoms with van der Waals surface area (Å²) in [7, 11) is -3.53. The highest BCUT2D eigenvalue weighted by Gasteiger charge is 2.25. The van der Waals surface area contributed by atoms with Crippen LogP contribution in [0.25, 0.3) is 22.8 Å². The van der Waals surface area contributed by atoms with E-state index in [2.05, 4.69) is 25.6 Å². The first kappa shape index (κ1) is 26.2. The van der Waals surface area contributed by atoms with Crippen molar-refractivity contribution in [2.24, 2.45) is 0 Å². The maximum Gasteiger partial charge on any atom is 0.323 e. The van der Waals surface area contributed by atoms with Crippen molar-refractivity contribution in [2.75, 3.05) is 41.5 Å². The number of aromatic nitrogens is 4. The highest BCUT2D eigenvalue weighted by Crippen LogP contribution is 2.29. The Kier molecular flexibility index (Phi) is 7.48. The number of pyridine rings is 1. The van der Waals surface area contributed by atoms with E-state index in [0.29, 0.717) is 54.0 Å². The van der Waals surface area contributed by atoms with E-state index in [1.807, 2.05) is 11.8 Å². The first-order valence-corrected chi connectivity index (χ1v) is 14.2. The number of amides is 2. The Balaban J connectivity index is 1.49. The number of carbonyl (C=O) groups excluding carboxylic acids is 1. The molecule has 0 bridgehead atoms. The standard InChI is InChI=1S/C27H27N7O4S/c1-18-17-38-15-14-34(18)26-32-24(31-25(33-26)22-7-3-4-8-23(22)39(2,36)37)19-9-11-20(12-10-19)29-27(35)30-21-6-5-13-28-16-21/h3-13,16,18H,14-15,17H2,1-2H3,(H2,29,30,35)/t18-/m0/s1. The molecular weight excluding hydrogens is 518 g/mol. The van der Waals surface area contributed by atoms with Crippen LogP contribution in [0.1, 0.15) is 6.92 Å². The summed E-state index contributed by atoms with van der Waals surface area (Å²) in [6.07, 6.45) is 4.34. The molecule has 39 heavy (non-hydrogen) atoms. The van der Waals surface area contributed by atoms with E-state index in [-0.39, 0.29) is 16.8 Å². The van der Waals surface area contributed by atoms with Crippen LogP contribution in [0.4, 0.5) is 22.1 Å². The predicted octanol–water partition coefficient (Wildman–Crippen LogP) is 3.87. The fourth-order valence-electron chi connectivity index (χ4n) is 4.17. The minimum atomic E-state index is -3.53. The van der Waals surface area contributed by atoms with Gasteiger partial charge in [-0.2, -0.15) is 9.97 Å². The van der Waals surface area contributed by atoms with Gasteiger partial charge in [-0.05, 0) is 55.5 Å². The highest BCUT2D eigenvalue weighted by molar-refractivity contribution is 7.90. The molecule has 0 aliphatic carbocycles. The Labute approximate surface area is 226 Å². The molecule has 0 spiro atoms. The van der Waals surface area contributed by atoms with Crippen LogP contribution in [0, 0.1) is 0 Å². The number of sulfone groups is 1. The molecule has 2 aromatic heterocycles. The predicted molar refractivity (Wildman–Crippen MR) is 148 cm³/mol. The van der Waals surface area contributed by atoms with Crippen molar-refractivity contribution in [1.29, 1.82) is 0 Å². The first-order valence-electron chi connectivity index (χ1n) is 12.3. The number of anilines is 3. The Morgan fingerprint density at radius 2 is 1.69 bits per heavy atom. The highest BCUT2D eigenvalue weighted by atomic mass is 32.2. The molecule has 11 nitrogen and oxygen atoms in total. The molecule has 200 valence electrons. The smallest absolute Gasteiger partial charge is 0.323 e. The van der Waals surface area contributed by atoms with E-state index in [1.165, 1.54) is 0 Å². The lowest BCUT2D eigenvalue weighted by Gasteiger charge is -2.33. The number of nitrogens with zero attached hydrogens (tertiary/aromatic N) is 5. The molecule has 2 N–H and O–H groups in total. The van der Waals surface area contributed by atoms with E-state index in [0.717, 1.165) is 6.26 Å². The summed E-state index contributed by atoms with van der Waals surface area (Å²) in [5.74, 6) is 1.07. The van der Waals surface area contributed by atoms with Gasteiger partial charge in [-0.25, -0.2) is 18.2 Å². The summed E-state index contributed by atoms with van der Waals surface area (Å²) in [6, 6.07) is 16.8. The van der Waals surface area contributed by atoms with E-state index in [4.69, 9.17) is 9.72 Å². The van der Waals surface area contributed by atoms with Crippen LogP contribution >= 0.6 is 0 Å². The van der Waals surface area contributed by atoms with Crippen LogP contribution in [-0.4, -0.2) is 66.4 Å². The van der Waals surface area contributed by atoms with Crippen LogP contribution in [-0.2, 0) is 14.6 Å². The molecule has 1 aliphatic heterocycles. The Morgan fingerprint density at radius 1 is 0.949 bits per heavy atom. The minimum Gasteiger partial charge on any atom is -0.377 e. The van der Waals surface area contributed by atoms with Crippen molar-refractivity contribution in [3.05, 3.63) is 73.1 Å². The zero-order chi connectivity index (χ0) is 27.4. The number of ether oxygens (including phenoxy) is 1. The molecule has 3 heterocycles. The van der Waals surface area contributed by atoms with E-state index >= 15 is 0 Å². The quantitative estimate of drug-likeness (QED) is 0.369. The minimum absolute atomic E-state index is 0.0249. The third-order valence-electron chi connectivity index (χ3n) is 6.10. The van der Waals surface area contributed by atoms with Gasteiger partial charge >= 0.3 is 6.03 Å². The third-order valence-corrected chi connectivity index (χ3v) is 7.25. The van der Waals surface area contributed by atoms with Gasteiger partial charge in [0.15, 0.2) is 21.5 Å². The van der Waals surface area contributed by atoms with Crippen LogP contribution in [0.15, 0.2) is 78.0 Å². The van der Waals surface area contributed by atoms with Gasteiger partial charge in [0.25, 0.3) is 0 Å². The summed E-state index contributed by atoms with van der Waals surface area (Å²) in [5.41, 5.74) is 2.22. The molecular formula is C27H27N7O4S. The fourth-order valence-corrected chi connectivity index (χ4v) is 5.06. The number of urea groups is 1. The average Bonchev–Trinajstić information content (AvgIpc) is 2.93. The summed E-state index contributed by atoms with van der Waals surface area (Å²) < 4.78 is 30.6. The van der Waals surface area contributed by atoms with Crippen LogP contribution in [0.3, 0.4) is 0 Å². The second-order valence-corrected chi connectivity index (χ2v) is 11.1. The van der Waals surface area contributed by atoms with Crippen molar-refractivity contribution < 1.29 is 17.9 Å². The largest absolute Gasteiger partial charge is 0.377 e. The number of hydrogen-bond acceptors (Lipinski definition) is 9. The van der Waals surface area contributed by atoms with Gasteiger partial charge in [0.1, 0.15) is 0 Å². The number of morpholine rings is 1. The van der Waals surface area contributed by atoms with Gasteiger partial charge in [0.05, 0.1) is 36.0 Å². The van der Waals surface area contributed by atoms with Gasteiger partial charge in [-0.1, -0.05) is 12.1 Å². The molecule has 12 heteroatoms. The van der Waals surface area contributed by atoms with Gasteiger partial charge in [0, 0.05) is 35.8 Å². The molecule has 5 rings (SSSR count). The monoisotopic (exact) mass is 545 g/mol. The van der Waals surface area contributed by atoms with E-state index < -0.39 is 15.9 Å². The normalized spacial score (nSPS) is 15.5. The number of benzene rings is 2. The fraction of sp³-hybridized carbons (Fsp3) is 0.222. The number of carbonyl (C=O) groups is 1. The van der Waals surface area contributed by atoms with Gasteiger partial charge in [0.2, 0.25) is 5.95 Å². The summed E-state index contributed by atoms with van der Waals surface area (Å²) >= 11 is 0. The SMILES string of the molecule is C[C@H]1COCCN1c1nc(-c2ccc(NC(=O)Nc3cccnc3)cc2)nc(-c2ccccc2S(C)(=O)=O)n1. The summed E-state index contributed by atoms with van der Waals surface area (Å²) in [5, 5.41) is 5.50. The topological polar surface area (TPSA) is 139 Å². The molecule has 1 aliphatic rings. The number of rotatable bonds is 6. The van der Waals surface area contributed by atoms with Gasteiger partial charge in [-0.15, -0.1) is 0 Å². The zero-order valence-corrected chi connectivity index (χ0v) is 22.2. The molecule has 4 aromatic rings. The molecule has 1 atom stereocenters. The number of hydrogen-bond donors (Lipinski definition) is 2. The van der Waals surface area contributed by atoms with Gasteiger partial charge in [-0.3, -0.25) is 4.98 Å². The third kappa shape index (κ3) is 6.19. The Bertz CT molecular complexity index is 1580. The molecule has 2 aromatic carbocycles. The second-order valence-electron chi connectivity index (χ2n) is 9.07. The van der Waals surface area contributed by atoms with Crippen molar-refractivity contribution >= 4 is 33.2 Å². The Morgan fingerprint density at radius 3 is 2.41 bits per heavy atom.